The van der Waals surface area contributed by atoms with Crippen LogP contribution in [0.2, 0.25) is 0 Å². The highest BCUT2D eigenvalue weighted by molar-refractivity contribution is 7.13. The average Bonchev–Trinajstić information content (AvgIpc) is 3.44. The molecule has 1 aliphatic rings. The van der Waals surface area contributed by atoms with Crippen LogP contribution in [0.3, 0.4) is 0 Å². The van der Waals surface area contributed by atoms with E-state index in [0.717, 1.165) is 21.7 Å². The molecule has 1 aliphatic heterocycles. The minimum Gasteiger partial charge on any atom is -0.391 e. The predicted molar refractivity (Wildman–Crippen MR) is 146 cm³/mol. The van der Waals surface area contributed by atoms with E-state index >= 15 is 0 Å². The molecule has 4 atom stereocenters. The number of hydrogen-bond acceptors (Lipinski definition) is 6. The van der Waals surface area contributed by atoms with Crippen LogP contribution in [0.15, 0.2) is 41.9 Å². The van der Waals surface area contributed by atoms with Gasteiger partial charge in [0.2, 0.25) is 17.7 Å². The number of β-amino-alcohol motifs (C(OH)–C–C–N with tert-alkyl or cyclic N) is 1. The summed E-state index contributed by atoms with van der Waals surface area (Å²) in [6.07, 6.45) is -0.666. The normalized spacial score (nSPS) is 19.3. The SMILES string of the molecule is C=C(C)C(C)C(=O)NC(C(=O)N1CC(O)CC1C(=O)NCc1ccc(-c2scnc2C)cc1)C(C)(C)C. The number of benzene rings is 1. The van der Waals surface area contributed by atoms with E-state index in [1.54, 1.807) is 25.2 Å². The summed E-state index contributed by atoms with van der Waals surface area (Å²) >= 11 is 1.58. The van der Waals surface area contributed by atoms with Gasteiger partial charge in [-0.25, -0.2) is 4.98 Å². The molecular formula is C28H38N4O4S. The molecule has 1 saturated heterocycles. The quantitative estimate of drug-likeness (QED) is 0.456. The highest BCUT2D eigenvalue weighted by atomic mass is 32.1. The summed E-state index contributed by atoms with van der Waals surface area (Å²) in [6, 6.07) is 6.23. The van der Waals surface area contributed by atoms with Gasteiger partial charge in [-0.15, -0.1) is 11.3 Å². The number of amides is 3. The fourth-order valence-corrected chi connectivity index (χ4v) is 5.08. The molecule has 0 radical (unpaired) electrons. The van der Waals surface area contributed by atoms with Crippen molar-refractivity contribution in [2.75, 3.05) is 6.54 Å². The van der Waals surface area contributed by atoms with Crippen LogP contribution in [0.1, 0.15) is 52.3 Å². The second-order valence-corrected chi connectivity index (χ2v) is 11.8. The number of thiazole rings is 1. The van der Waals surface area contributed by atoms with Gasteiger partial charge in [0.25, 0.3) is 0 Å². The van der Waals surface area contributed by atoms with E-state index in [0.29, 0.717) is 12.1 Å². The Morgan fingerprint density at radius 3 is 2.43 bits per heavy atom. The van der Waals surface area contributed by atoms with Crippen molar-refractivity contribution in [3.05, 3.63) is 53.2 Å². The monoisotopic (exact) mass is 526 g/mol. The fraction of sp³-hybridized carbons (Fsp3) is 0.500. The topological polar surface area (TPSA) is 112 Å². The van der Waals surface area contributed by atoms with E-state index in [1.165, 1.54) is 4.90 Å². The molecule has 0 aliphatic carbocycles. The lowest BCUT2D eigenvalue weighted by molar-refractivity contribution is -0.144. The van der Waals surface area contributed by atoms with Gasteiger partial charge in [-0.1, -0.05) is 57.2 Å². The Morgan fingerprint density at radius 1 is 1.24 bits per heavy atom. The summed E-state index contributed by atoms with van der Waals surface area (Å²) in [5.41, 5.74) is 4.88. The van der Waals surface area contributed by atoms with Gasteiger partial charge in [0, 0.05) is 19.5 Å². The molecule has 9 heteroatoms. The number of aryl methyl sites for hydroxylation is 1. The van der Waals surface area contributed by atoms with Crippen molar-refractivity contribution in [2.24, 2.45) is 11.3 Å². The van der Waals surface area contributed by atoms with Crippen LogP contribution in [0, 0.1) is 18.3 Å². The molecule has 3 rings (SSSR count). The van der Waals surface area contributed by atoms with Gasteiger partial charge < -0.3 is 20.6 Å². The zero-order valence-corrected chi connectivity index (χ0v) is 23.3. The van der Waals surface area contributed by atoms with Crippen LogP contribution in [0.4, 0.5) is 0 Å². The van der Waals surface area contributed by atoms with Crippen LogP contribution in [-0.2, 0) is 20.9 Å². The number of likely N-dealkylation sites (tertiary alicyclic amines) is 1. The summed E-state index contributed by atoms with van der Waals surface area (Å²) in [5, 5.41) is 16.1. The summed E-state index contributed by atoms with van der Waals surface area (Å²) in [4.78, 5) is 46.3. The van der Waals surface area contributed by atoms with Crippen molar-refractivity contribution >= 4 is 29.1 Å². The minimum atomic E-state index is -0.856. The number of aliphatic hydroxyl groups excluding tert-OH is 1. The van der Waals surface area contributed by atoms with Crippen molar-refractivity contribution < 1.29 is 19.5 Å². The first-order valence-electron chi connectivity index (χ1n) is 12.5. The van der Waals surface area contributed by atoms with Gasteiger partial charge in [0.15, 0.2) is 0 Å². The van der Waals surface area contributed by atoms with Gasteiger partial charge in [0.1, 0.15) is 12.1 Å². The molecular weight excluding hydrogens is 488 g/mol. The van der Waals surface area contributed by atoms with Crippen molar-refractivity contribution in [1.29, 1.82) is 0 Å². The molecule has 2 heterocycles. The van der Waals surface area contributed by atoms with Crippen molar-refractivity contribution in [3.8, 4) is 10.4 Å². The lowest BCUT2D eigenvalue weighted by Crippen LogP contribution is -2.58. The molecule has 8 nitrogen and oxygen atoms in total. The molecule has 3 amide bonds. The van der Waals surface area contributed by atoms with Gasteiger partial charge in [-0.05, 0) is 37.3 Å². The first-order chi connectivity index (χ1) is 17.3. The maximum absolute atomic E-state index is 13.6. The summed E-state index contributed by atoms with van der Waals surface area (Å²) in [5.74, 6) is -1.46. The molecule has 1 aromatic carbocycles. The number of nitrogens with one attached hydrogen (secondary N) is 2. The lowest BCUT2D eigenvalue weighted by Gasteiger charge is -2.36. The predicted octanol–water partition coefficient (Wildman–Crippen LogP) is 3.44. The molecule has 1 fully saturated rings. The second kappa shape index (κ2) is 11.6. The molecule has 3 N–H and O–H groups in total. The first kappa shape index (κ1) is 28.5. The second-order valence-electron chi connectivity index (χ2n) is 11.0. The number of hydrogen-bond donors (Lipinski definition) is 3. The first-order valence-corrected chi connectivity index (χ1v) is 13.4. The molecule has 200 valence electrons. The van der Waals surface area contributed by atoms with E-state index in [-0.39, 0.29) is 30.7 Å². The number of aliphatic hydroxyl groups is 1. The van der Waals surface area contributed by atoms with Crippen LogP contribution >= 0.6 is 11.3 Å². The maximum Gasteiger partial charge on any atom is 0.246 e. The molecule has 37 heavy (non-hydrogen) atoms. The fourth-order valence-electron chi connectivity index (χ4n) is 4.27. The van der Waals surface area contributed by atoms with Gasteiger partial charge in [-0.3, -0.25) is 14.4 Å². The summed E-state index contributed by atoms with van der Waals surface area (Å²) < 4.78 is 0. The number of carbonyl (C=O) groups excluding carboxylic acids is 3. The van der Waals surface area contributed by atoms with Crippen LogP contribution in [0.25, 0.3) is 10.4 Å². The van der Waals surface area contributed by atoms with Crippen LogP contribution < -0.4 is 10.6 Å². The Labute approximate surface area is 223 Å². The largest absolute Gasteiger partial charge is 0.391 e. The molecule has 0 spiro atoms. The molecule has 0 saturated carbocycles. The number of carbonyl (C=O) groups is 3. The van der Waals surface area contributed by atoms with Crippen LogP contribution in [-0.4, -0.2) is 57.4 Å². The Hall–Kier alpha value is -3.04. The average molecular weight is 527 g/mol. The third-order valence-electron chi connectivity index (χ3n) is 6.83. The van der Waals surface area contributed by atoms with Crippen molar-refractivity contribution in [2.45, 2.75) is 72.7 Å². The Bertz CT molecular complexity index is 1150. The van der Waals surface area contributed by atoms with E-state index in [1.807, 2.05) is 57.5 Å². The van der Waals surface area contributed by atoms with Crippen LogP contribution in [0.5, 0.6) is 0 Å². The van der Waals surface area contributed by atoms with Crippen molar-refractivity contribution in [3.63, 3.8) is 0 Å². The van der Waals surface area contributed by atoms with E-state index in [2.05, 4.69) is 22.2 Å². The molecule has 1 aromatic heterocycles. The smallest absolute Gasteiger partial charge is 0.246 e. The Morgan fingerprint density at radius 2 is 1.89 bits per heavy atom. The third-order valence-corrected chi connectivity index (χ3v) is 7.80. The minimum absolute atomic E-state index is 0.0400. The van der Waals surface area contributed by atoms with Gasteiger partial charge in [0.05, 0.1) is 28.1 Å². The standard InChI is InChI=1S/C28H38N4O4S/c1-16(2)17(3)25(34)31-24(28(5,6)7)27(36)32-14-21(33)12-22(32)26(35)29-13-19-8-10-20(11-9-19)23-18(4)30-15-37-23/h8-11,15,17,21-22,24,33H,1,12-14H2,2-7H3,(H,29,35)(H,31,34). The highest BCUT2D eigenvalue weighted by Crippen LogP contribution is 2.28. The molecule has 0 bridgehead atoms. The third kappa shape index (κ3) is 6.84. The zero-order valence-electron chi connectivity index (χ0n) is 22.5. The van der Waals surface area contributed by atoms with Crippen molar-refractivity contribution in [1.82, 2.24) is 20.5 Å². The van der Waals surface area contributed by atoms with Gasteiger partial charge in [-0.2, -0.15) is 0 Å². The lowest BCUT2D eigenvalue weighted by atomic mass is 9.85. The van der Waals surface area contributed by atoms with E-state index in [9.17, 15) is 19.5 Å². The number of nitrogens with zero attached hydrogens (tertiary/aromatic N) is 2. The number of aromatic nitrogens is 1. The molecule has 2 aromatic rings. The Kier molecular flexibility index (Phi) is 8.92. The molecule has 4 unspecified atom stereocenters. The number of rotatable bonds is 8. The summed E-state index contributed by atoms with van der Waals surface area (Å²) in [6.45, 7) is 15.2. The summed E-state index contributed by atoms with van der Waals surface area (Å²) in [7, 11) is 0. The highest BCUT2D eigenvalue weighted by Gasteiger charge is 2.44. The van der Waals surface area contributed by atoms with E-state index in [4.69, 9.17) is 0 Å². The maximum atomic E-state index is 13.6. The van der Waals surface area contributed by atoms with E-state index < -0.39 is 29.5 Å². The Balaban J connectivity index is 1.69. The van der Waals surface area contributed by atoms with Gasteiger partial charge >= 0.3 is 0 Å². The zero-order chi connectivity index (χ0) is 27.5.